The number of ether oxygens (including phenoxy) is 3. The Morgan fingerprint density at radius 3 is 2.65 bits per heavy atom. The molecule has 0 N–H and O–H groups in total. The van der Waals surface area contributed by atoms with Crippen molar-refractivity contribution in [3.05, 3.63) is 64.0 Å². The van der Waals surface area contributed by atoms with E-state index in [1.165, 1.54) is 11.8 Å². The largest absolute Gasteiger partial charge is 0.493 e. The van der Waals surface area contributed by atoms with E-state index in [2.05, 4.69) is 39.5 Å². The van der Waals surface area contributed by atoms with Gasteiger partial charge in [-0.1, -0.05) is 12.7 Å². The zero-order valence-corrected chi connectivity index (χ0v) is 21.5. The highest BCUT2D eigenvalue weighted by Crippen LogP contribution is 2.39. The first kappa shape index (κ1) is 24.4. The molecule has 0 unspecified atom stereocenters. The molecule has 0 spiro atoms. The smallest absolute Gasteiger partial charge is 0.266 e. The lowest BCUT2D eigenvalue weighted by Crippen LogP contribution is -2.36. The molecule has 2 saturated heterocycles. The number of methoxy groups -OCH3 is 1. The number of nitrogens with zero attached hydrogens (tertiary/aromatic N) is 3. The molecule has 2 aromatic rings. The minimum atomic E-state index is -0.101. The van der Waals surface area contributed by atoms with E-state index < -0.39 is 0 Å². The van der Waals surface area contributed by atoms with E-state index in [-0.39, 0.29) is 5.91 Å². The SMILES string of the molecule is C=CCOc1c(Br)cc(/C=C2\SC(=Nc3ccc(N4CCOCC4)cc3)N(C)C2=O)cc1OC. The Morgan fingerprint density at radius 1 is 1.24 bits per heavy atom. The number of halogens is 1. The number of thioether (sulfide) groups is 1. The maximum atomic E-state index is 12.9. The molecule has 0 radical (unpaired) electrons. The van der Waals surface area contributed by atoms with Crippen molar-refractivity contribution in [1.29, 1.82) is 0 Å². The molecule has 0 saturated carbocycles. The molecule has 0 aliphatic carbocycles. The second-order valence-electron chi connectivity index (χ2n) is 7.62. The highest BCUT2D eigenvalue weighted by molar-refractivity contribution is 9.10. The normalized spacial score (nSPS) is 18.6. The van der Waals surface area contributed by atoms with Gasteiger partial charge in [-0.2, -0.15) is 0 Å². The van der Waals surface area contributed by atoms with Gasteiger partial charge < -0.3 is 19.1 Å². The summed E-state index contributed by atoms with van der Waals surface area (Å²) in [6.07, 6.45) is 3.50. The van der Waals surface area contributed by atoms with E-state index in [9.17, 15) is 4.79 Å². The summed E-state index contributed by atoms with van der Waals surface area (Å²) < 4.78 is 17.3. The van der Waals surface area contributed by atoms with Crippen LogP contribution in [0.3, 0.4) is 0 Å². The molecular weight excluding hydrogens is 518 g/mol. The topological polar surface area (TPSA) is 63.6 Å². The van der Waals surface area contributed by atoms with Gasteiger partial charge in [0.25, 0.3) is 5.91 Å². The molecule has 1 amide bonds. The molecule has 2 fully saturated rings. The van der Waals surface area contributed by atoms with Crippen LogP contribution < -0.4 is 14.4 Å². The summed E-state index contributed by atoms with van der Waals surface area (Å²) in [6, 6.07) is 11.8. The molecule has 9 heteroatoms. The average molecular weight is 544 g/mol. The van der Waals surface area contributed by atoms with Crippen molar-refractivity contribution in [2.75, 3.05) is 52.0 Å². The lowest BCUT2D eigenvalue weighted by molar-refractivity contribution is -0.121. The summed E-state index contributed by atoms with van der Waals surface area (Å²) in [6.45, 7) is 7.30. The molecule has 0 bridgehead atoms. The minimum Gasteiger partial charge on any atom is -0.493 e. The fourth-order valence-corrected chi connectivity index (χ4v) is 5.14. The van der Waals surface area contributed by atoms with Crippen LogP contribution in [0.1, 0.15) is 5.56 Å². The first-order chi connectivity index (χ1) is 16.5. The van der Waals surface area contributed by atoms with Crippen molar-refractivity contribution in [2.45, 2.75) is 0 Å². The summed E-state index contributed by atoms with van der Waals surface area (Å²) >= 11 is 4.88. The highest BCUT2D eigenvalue weighted by Gasteiger charge is 2.30. The van der Waals surface area contributed by atoms with E-state index in [4.69, 9.17) is 19.2 Å². The van der Waals surface area contributed by atoms with Gasteiger partial charge in [0.2, 0.25) is 0 Å². The highest BCUT2D eigenvalue weighted by atomic mass is 79.9. The summed E-state index contributed by atoms with van der Waals surface area (Å²) in [5.74, 6) is 1.06. The number of carbonyl (C=O) groups is 1. The van der Waals surface area contributed by atoms with Crippen LogP contribution in [0.2, 0.25) is 0 Å². The molecule has 2 aromatic carbocycles. The number of likely N-dealkylation sites (N-methyl/N-ethyl adjacent to an activating group) is 1. The third kappa shape index (κ3) is 5.48. The molecule has 178 valence electrons. The third-order valence-electron chi connectivity index (χ3n) is 5.35. The van der Waals surface area contributed by atoms with Crippen molar-refractivity contribution in [3.8, 4) is 11.5 Å². The Balaban J connectivity index is 1.53. The van der Waals surface area contributed by atoms with E-state index in [1.807, 2.05) is 30.3 Å². The number of morpholine rings is 1. The van der Waals surface area contributed by atoms with E-state index in [0.717, 1.165) is 47.7 Å². The fraction of sp³-hybridized carbons (Fsp3) is 0.280. The van der Waals surface area contributed by atoms with Gasteiger partial charge in [0.05, 0.1) is 35.4 Å². The van der Waals surface area contributed by atoms with Gasteiger partial charge in [-0.05, 0) is 75.7 Å². The molecule has 2 aliphatic heterocycles. The minimum absolute atomic E-state index is 0.101. The van der Waals surface area contributed by atoms with Crippen LogP contribution >= 0.6 is 27.7 Å². The summed E-state index contributed by atoms with van der Waals surface area (Å²) in [5.41, 5.74) is 2.76. The fourth-order valence-electron chi connectivity index (χ4n) is 3.58. The van der Waals surface area contributed by atoms with Crippen LogP contribution in [0.15, 0.2) is 63.4 Å². The van der Waals surface area contributed by atoms with E-state index in [0.29, 0.717) is 28.2 Å². The van der Waals surface area contributed by atoms with Gasteiger partial charge >= 0.3 is 0 Å². The lowest BCUT2D eigenvalue weighted by Gasteiger charge is -2.28. The molecule has 0 aromatic heterocycles. The number of aliphatic imine (C=N–C) groups is 1. The van der Waals surface area contributed by atoms with Crippen molar-refractivity contribution in [3.63, 3.8) is 0 Å². The van der Waals surface area contributed by atoms with Gasteiger partial charge in [-0.3, -0.25) is 9.69 Å². The molecular formula is C25H26BrN3O4S. The van der Waals surface area contributed by atoms with Gasteiger partial charge in [-0.15, -0.1) is 0 Å². The maximum absolute atomic E-state index is 12.9. The standard InChI is InChI=1S/C25H26BrN3O4S/c1-4-11-33-23-20(26)14-17(15-21(23)31-3)16-22-24(30)28(2)25(34-22)27-18-5-7-19(8-6-18)29-9-12-32-13-10-29/h4-8,14-16H,1,9-13H2,2-3H3/b22-16-,27-25?. The molecule has 2 aliphatic rings. The Bertz CT molecular complexity index is 1130. The second kappa shape index (κ2) is 11.1. The van der Waals surface area contributed by atoms with Crippen molar-refractivity contribution in [1.82, 2.24) is 4.90 Å². The van der Waals surface area contributed by atoms with Gasteiger partial charge in [0.1, 0.15) is 6.61 Å². The van der Waals surface area contributed by atoms with Crippen molar-refractivity contribution < 1.29 is 19.0 Å². The first-order valence-electron chi connectivity index (χ1n) is 10.8. The first-order valence-corrected chi connectivity index (χ1v) is 12.4. The Morgan fingerprint density at radius 2 is 1.97 bits per heavy atom. The molecule has 2 heterocycles. The second-order valence-corrected chi connectivity index (χ2v) is 9.48. The number of amides is 1. The zero-order chi connectivity index (χ0) is 24.1. The number of anilines is 1. The van der Waals surface area contributed by atoms with Gasteiger partial charge in [0, 0.05) is 25.8 Å². The zero-order valence-electron chi connectivity index (χ0n) is 19.1. The summed E-state index contributed by atoms with van der Waals surface area (Å²) in [5, 5.41) is 0.632. The predicted octanol–water partition coefficient (Wildman–Crippen LogP) is 5.09. The number of rotatable bonds is 7. The molecule has 7 nitrogen and oxygen atoms in total. The Hall–Kier alpha value is -2.75. The number of benzene rings is 2. The van der Waals surface area contributed by atoms with Crippen LogP contribution in [-0.2, 0) is 9.53 Å². The van der Waals surface area contributed by atoms with E-state index in [1.54, 1.807) is 25.1 Å². The van der Waals surface area contributed by atoms with Gasteiger partial charge in [0.15, 0.2) is 16.7 Å². The Labute approximate surface area is 212 Å². The van der Waals surface area contributed by atoms with Gasteiger partial charge in [-0.25, -0.2) is 4.99 Å². The van der Waals surface area contributed by atoms with Crippen LogP contribution in [0.4, 0.5) is 11.4 Å². The van der Waals surface area contributed by atoms with Crippen LogP contribution in [0.25, 0.3) is 6.08 Å². The van der Waals surface area contributed by atoms with Crippen LogP contribution in [0.5, 0.6) is 11.5 Å². The molecule has 4 rings (SSSR count). The number of hydrogen-bond donors (Lipinski definition) is 0. The number of amidine groups is 1. The van der Waals surface area contributed by atoms with Crippen molar-refractivity contribution in [2.24, 2.45) is 4.99 Å². The average Bonchev–Trinajstić information content (AvgIpc) is 3.11. The Kier molecular flexibility index (Phi) is 7.97. The number of carbonyl (C=O) groups excluding carboxylic acids is 1. The number of hydrogen-bond acceptors (Lipinski definition) is 7. The maximum Gasteiger partial charge on any atom is 0.266 e. The summed E-state index contributed by atoms with van der Waals surface area (Å²) in [7, 11) is 3.32. The quantitative estimate of drug-likeness (QED) is 0.358. The van der Waals surface area contributed by atoms with E-state index >= 15 is 0 Å². The van der Waals surface area contributed by atoms with Crippen LogP contribution in [-0.4, -0.2) is 63.0 Å². The predicted molar refractivity (Wildman–Crippen MR) is 141 cm³/mol. The van der Waals surface area contributed by atoms with Crippen LogP contribution in [0, 0.1) is 0 Å². The molecule has 0 atom stereocenters. The lowest BCUT2D eigenvalue weighted by atomic mass is 10.2. The summed E-state index contributed by atoms with van der Waals surface area (Å²) in [4.78, 5) is 22.0. The monoisotopic (exact) mass is 543 g/mol. The molecule has 34 heavy (non-hydrogen) atoms. The third-order valence-corrected chi connectivity index (χ3v) is 7.00. The van der Waals surface area contributed by atoms with Crippen molar-refractivity contribution >= 4 is 56.2 Å².